The van der Waals surface area contributed by atoms with Gasteiger partial charge in [0.25, 0.3) is 0 Å². The van der Waals surface area contributed by atoms with Crippen molar-refractivity contribution in [2.75, 3.05) is 19.8 Å². The van der Waals surface area contributed by atoms with Crippen LogP contribution in [0.5, 0.6) is 0 Å². The molecule has 2 nitrogen and oxygen atoms in total. The van der Waals surface area contributed by atoms with Crippen LogP contribution in [0.15, 0.2) is 12.1 Å². The van der Waals surface area contributed by atoms with Crippen LogP contribution in [0.25, 0.3) is 0 Å². The van der Waals surface area contributed by atoms with E-state index >= 15 is 0 Å². The van der Waals surface area contributed by atoms with E-state index in [1.807, 2.05) is 12.1 Å². The lowest BCUT2D eigenvalue weighted by molar-refractivity contribution is 0.400. The molecule has 0 aliphatic heterocycles. The highest BCUT2D eigenvalue weighted by atomic mass is 15.0. The Hall–Kier alpha value is -1.02. The van der Waals surface area contributed by atoms with E-state index in [0.717, 1.165) is 12.2 Å². The lowest BCUT2D eigenvalue weighted by Gasteiger charge is -2.15. The Labute approximate surface area is 80.4 Å². The topological polar surface area (TPSA) is 29.3 Å². The van der Waals surface area contributed by atoms with Crippen LogP contribution in [-0.2, 0) is 6.54 Å². The predicted molar refractivity (Wildman–Crippen MR) is 57.7 cm³/mol. The molecular formula is C11H18N2. The molecule has 0 aliphatic carbocycles. The number of aryl methyl sites for hydroxylation is 2. The molecule has 0 saturated heterocycles. The number of nitrogens with zero attached hydrogens (tertiary/aromatic N) is 1. The first-order valence-electron chi connectivity index (χ1n) is 4.51. The van der Waals surface area contributed by atoms with Gasteiger partial charge in [-0.15, -0.1) is 0 Å². The summed E-state index contributed by atoms with van der Waals surface area (Å²) < 4.78 is 0. The number of nitrogens with two attached hydrogens (primary N) is 1. The fourth-order valence-electron chi connectivity index (χ4n) is 1.59. The van der Waals surface area contributed by atoms with Crippen molar-refractivity contribution in [2.45, 2.75) is 20.4 Å². The van der Waals surface area contributed by atoms with Gasteiger partial charge in [-0.1, -0.05) is 0 Å². The van der Waals surface area contributed by atoms with E-state index in [9.17, 15) is 0 Å². The number of rotatable bonds is 2. The second-order valence-corrected chi connectivity index (χ2v) is 3.87. The van der Waals surface area contributed by atoms with Crippen molar-refractivity contribution < 1.29 is 0 Å². The van der Waals surface area contributed by atoms with Gasteiger partial charge in [-0.25, -0.2) is 0 Å². The molecule has 1 aromatic carbocycles. The first-order chi connectivity index (χ1) is 6.00. The van der Waals surface area contributed by atoms with Crippen molar-refractivity contribution in [1.82, 2.24) is 4.90 Å². The first kappa shape index (κ1) is 10.1. The Balaban J connectivity index is 3.06. The van der Waals surface area contributed by atoms with E-state index in [-0.39, 0.29) is 0 Å². The predicted octanol–water partition coefficient (Wildman–Crippen LogP) is 1.95. The molecular weight excluding hydrogens is 160 g/mol. The fourth-order valence-corrected chi connectivity index (χ4v) is 1.59. The largest absolute Gasteiger partial charge is 0.399 e. The SMILES string of the molecule is Cc1cc(N)cc(C)c1CN(C)C. The maximum atomic E-state index is 5.75. The summed E-state index contributed by atoms with van der Waals surface area (Å²) in [6.45, 7) is 5.21. The van der Waals surface area contributed by atoms with E-state index in [0.29, 0.717) is 0 Å². The summed E-state index contributed by atoms with van der Waals surface area (Å²) >= 11 is 0. The Bertz CT molecular complexity index is 280. The van der Waals surface area contributed by atoms with Crippen molar-refractivity contribution in [3.8, 4) is 0 Å². The minimum absolute atomic E-state index is 0.859. The van der Waals surface area contributed by atoms with E-state index in [4.69, 9.17) is 5.73 Å². The zero-order valence-electron chi connectivity index (χ0n) is 8.89. The highest BCUT2D eigenvalue weighted by Crippen LogP contribution is 2.18. The molecule has 1 rings (SSSR count). The maximum Gasteiger partial charge on any atom is 0.0319 e. The second-order valence-electron chi connectivity index (χ2n) is 3.87. The Morgan fingerprint density at radius 3 is 2.00 bits per heavy atom. The highest BCUT2D eigenvalue weighted by molar-refractivity contribution is 5.48. The number of anilines is 1. The lowest BCUT2D eigenvalue weighted by atomic mass is 10.0. The van der Waals surface area contributed by atoms with Crippen LogP contribution in [0.4, 0.5) is 5.69 Å². The summed E-state index contributed by atoms with van der Waals surface area (Å²) in [7, 11) is 4.16. The van der Waals surface area contributed by atoms with Crippen molar-refractivity contribution in [3.63, 3.8) is 0 Å². The second kappa shape index (κ2) is 3.79. The summed E-state index contributed by atoms with van der Waals surface area (Å²) in [4.78, 5) is 2.17. The molecule has 0 radical (unpaired) electrons. The third-order valence-electron chi connectivity index (χ3n) is 2.19. The van der Waals surface area contributed by atoms with Gasteiger partial charge in [-0.3, -0.25) is 0 Å². The number of nitrogen functional groups attached to an aromatic ring is 1. The van der Waals surface area contributed by atoms with Crippen LogP contribution in [0.3, 0.4) is 0 Å². The molecule has 0 fully saturated rings. The summed E-state index contributed by atoms with van der Waals surface area (Å²) in [5.41, 5.74) is 10.6. The van der Waals surface area contributed by atoms with Crippen LogP contribution in [0.1, 0.15) is 16.7 Å². The van der Waals surface area contributed by atoms with Gasteiger partial charge < -0.3 is 10.6 Å². The molecule has 0 saturated carbocycles. The summed E-state index contributed by atoms with van der Waals surface area (Å²) in [5, 5.41) is 0. The molecule has 2 heteroatoms. The summed E-state index contributed by atoms with van der Waals surface area (Å²) in [6.07, 6.45) is 0. The molecule has 0 unspecified atom stereocenters. The van der Waals surface area contributed by atoms with Gasteiger partial charge in [0.2, 0.25) is 0 Å². The van der Waals surface area contributed by atoms with Crippen molar-refractivity contribution in [3.05, 3.63) is 28.8 Å². The molecule has 0 bridgehead atoms. The Morgan fingerprint density at radius 1 is 1.15 bits per heavy atom. The molecule has 0 aliphatic rings. The number of hydrogen-bond acceptors (Lipinski definition) is 2. The zero-order valence-corrected chi connectivity index (χ0v) is 8.89. The van der Waals surface area contributed by atoms with Crippen LogP contribution >= 0.6 is 0 Å². The Morgan fingerprint density at radius 2 is 1.62 bits per heavy atom. The summed E-state index contributed by atoms with van der Waals surface area (Å²) in [6, 6.07) is 4.07. The van der Waals surface area contributed by atoms with Gasteiger partial charge in [0, 0.05) is 12.2 Å². The van der Waals surface area contributed by atoms with Gasteiger partial charge in [-0.05, 0) is 56.8 Å². The normalized spacial score (nSPS) is 10.8. The first-order valence-corrected chi connectivity index (χ1v) is 4.51. The van der Waals surface area contributed by atoms with E-state index in [1.165, 1.54) is 16.7 Å². The number of benzene rings is 1. The van der Waals surface area contributed by atoms with Gasteiger partial charge in [0.15, 0.2) is 0 Å². The van der Waals surface area contributed by atoms with Crippen molar-refractivity contribution >= 4 is 5.69 Å². The quantitative estimate of drug-likeness (QED) is 0.701. The number of hydrogen-bond donors (Lipinski definition) is 1. The average Bonchev–Trinajstić information content (AvgIpc) is 1.96. The maximum absolute atomic E-state index is 5.75. The van der Waals surface area contributed by atoms with E-state index in [1.54, 1.807) is 0 Å². The average molecular weight is 178 g/mol. The van der Waals surface area contributed by atoms with E-state index < -0.39 is 0 Å². The molecule has 0 atom stereocenters. The standard InChI is InChI=1S/C11H18N2/c1-8-5-10(12)6-9(2)11(8)7-13(3)4/h5-6H,7,12H2,1-4H3. The minimum atomic E-state index is 0.859. The zero-order chi connectivity index (χ0) is 10.0. The molecule has 13 heavy (non-hydrogen) atoms. The highest BCUT2D eigenvalue weighted by Gasteiger charge is 2.04. The third kappa shape index (κ3) is 2.46. The van der Waals surface area contributed by atoms with Crippen LogP contribution in [0.2, 0.25) is 0 Å². The van der Waals surface area contributed by atoms with Crippen molar-refractivity contribution in [2.24, 2.45) is 0 Å². The van der Waals surface area contributed by atoms with Crippen molar-refractivity contribution in [1.29, 1.82) is 0 Å². The Kier molecular flexibility index (Phi) is 2.94. The van der Waals surface area contributed by atoms with Gasteiger partial charge >= 0.3 is 0 Å². The molecule has 0 aromatic heterocycles. The van der Waals surface area contributed by atoms with E-state index in [2.05, 4.69) is 32.8 Å². The van der Waals surface area contributed by atoms with Gasteiger partial charge in [0.1, 0.15) is 0 Å². The van der Waals surface area contributed by atoms with Gasteiger partial charge in [0.05, 0.1) is 0 Å². The van der Waals surface area contributed by atoms with Gasteiger partial charge in [-0.2, -0.15) is 0 Å². The molecule has 2 N–H and O–H groups in total. The monoisotopic (exact) mass is 178 g/mol. The molecule has 72 valence electrons. The molecule has 1 aromatic rings. The molecule has 0 spiro atoms. The third-order valence-corrected chi connectivity index (χ3v) is 2.19. The fraction of sp³-hybridized carbons (Fsp3) is 0.455. The van der Waals surface area contributed by atoms with Crippen LogP contribution in [0, 0.1) is 13.8 Å². The molecule has 0 amide bonds. The van der Waals surface area contributed by atoms with Crippen LogP contribution < -0.4 is 5.73 Å². The summed E-state index contributed by atoms with van der Waals surface area (Å²) in [5.74, 6) is 0. The molecule has 0 heterocycles. The van der Waals surface area contributed by atoms with Crippen LogP contribution in [-0.4, -0.2) is 19.0 Å². The smallest absolute Gasteiger partial charge is 0.0319 e. The minimum Gasteiger partial charge on any atom is -0.399 e. The lowest BCUT2D eigenvalue weighted by Crippen LogP contribution is -2.13.